The highest BCUT2D eigenvalue weighted by Gasteiger charge is 2.29. The van der Waals surface area contributed by atoms with Gasteiger partial charge in [0, 0.05) is 49.7 Å². The van der Waals surface area contributed by atoms with Gasteiger partial charge in [-0.2, -0.15) is 9.29 Å². The van der Waals surface area contributed by atoms with E-state index in [0.29, 0.717) is 44.4 Å². The van der Waals surface area contributed by atoms with Crippen molar-refractivity contribution in [3.63, 3.8) is 0 Å². The van der Waals surface area contributed by atoms with Crippen molar-refractivity contribution in [1.82, 2.24) is 14.3 Å². The predicted molar refractivity (Wildman–Crippen MR) is 155 cm³/mol. The molecule has 2 fully saturated rings. The van der Waals surface area contributed by atoms with Crippen LogP contribution in [0.5, 0.6) is 0 Å². The van der Waals surface area contributed by atoms with E-state index >= 15 is 0 Å². The van der Waals surface area contributed by atoms with Crippen molar-refractivity contribution in [2.45, 2.75) is 11.8 Å². The smallest absolute Gasteiger partial charge is 0.330 e. The van der Waals surface area contributed by atoms with E-state index in [1.807, 2.05) is 24.3 Å². The average molecular weight is 598 g/mol. The SMILES string of the molecule is CCOC(=O)C=Cc1cccc(-c2cnc(Nc3ccc(F)c(S(=O)(=O)N4CCOCC4)c3)nc2N2CCOCC2)c1. The fraction of sp³-hybridized carbons (Fsp3) is 0.345. The fourth-order valence-electron chi connectivity index (χ4n) is 4.65. The Kier molecular flexibility index (Phi) is 9.42. The van der Waals surface area contributed by atoms with Gasteiger partial charge in [0.1, 0.15) is 16.5 Å². The number of morpholine rings is 2. The number of nitrogens with zero attached hydrogens (tertiary/aromatic N) is 4. The number of carbonyl (C=O) groups excluding carboxylic acids is 1. The molecule has 0 spiro atoms. The quantitative estimate of drug-likeness (QED) is 0.290. The second kappa shape index (κ2) is 13.4. The third kappa shape index (κ3) is 6.93. The summed E-state index contributed by atoms with van der Waals surface area (Å²) in [5.41, 5.74) is 2.74. The first-order chi connectivity index (χ1) is 20.3. The minimum absolute atomic E-state index is 0.159. The Labute approximate surface area is 244 Å². The molecule has 0 radical (unpaired) electrons. The van der Waals surface area contributed by atoms with Gasteiger partial charge in [0.2, 0.25) is 16.0 Å². The Hall–Kier alpha value is -3.91. The molecule has 0 bridgehead atoms. The summed E-state index contributed by atoms with van der Waals surface area (Å²) in [5.74, 6) is -0.378. The molecule has 2 aliphatic heterocycles. The Morgan fingerprint density at radius 1 is 1.07 bits per heavy atom. The maximum Gasteiger partial charge on any atom is 0.330 e. The third-order valence-corrected chi connectivity index (χ3v) is 8.66. The van der Waals surface area contributed by atoms with Crippen molar-refractivity contribution in [3.8, 4) is 11.1 Å². The number of carbonyl (C=O) groups is 1. The van der Waals surface area contributed by atoms with Crippen LogP contribution in [0.4, 0.5) is 21.8 Å². The normalized spacial score (nSPS) is 16.5. The van der Waals surface area contributed by atoms with E-state index in [4.69, 9.17) is 19.2 Å². The summed E-state index contributed by atoms with van der Waals surface area (Å²) >= 11 is 0. The molecule has 0 unspecified atom stereocenters. The van der Waals surface area contributed by atoms with E-state index in [2.05, 4.69) is 15.2 Å². The van der Waals surface area contributed by atoms with Gasteiger partial charge in [-0.1, -0.05) is 18.2 Å². The summed E-state index contributed by atoms with van der Waals surface area (Å²) in [4.78, 5) is 22.7. The molecule has 2 saturated heterocycles. The van der Waals surface area contributed by atoms with Crippen LogP contribution in [0.1, 0.15) is 12.5 Å². The third-order valence-electron chi connectivity index (χ3n) is 6.75. The maximum atomic E-state index is 14.7. The second-order valence-corrected chi connectivity index (χ2v) is 11.4. The number of rotatable bonds is 9. The van der Waals surface area contributed by atoms with Gasteiger partial charge in [0.15, 0.2) is 0 Å². The van der Waals surface area contributed by atoms with E-state index in [0.717, 1.165) is 22.8 Å². The van der Waals surface area contributed by atoms with E-state index < -0.39 is 26.7 Å². The zero-order valence-corrected chi connectivity index (χ0v) is 24.0. The molecule has 3 heterocycles. The number of sulfonamides is 1. The van der Waals surface area contributed by atoms with Crippen molar-refractivity contribution in [2.24, 2.45) is 0 Å². The number of benzene rings is 2. The Morgan fingerprint density at radius 2 is 1.81 bits per heavy atom. The number of ether oxygens (including phenoxy) is 3. The number of nitrogens with one attached hydrogen (secondary N) is 1. The van der Waals surface area contributed by atoms with Crippen LogP contribution in [0.3, 0.4) is 0 Å². The van der Waals surface area contributed by atoms with Crippen molar-refractivity contribution in [3.05, 3.63) is 66.1 Å². The highest BCUT2D eigenvalue weighted by atomic mass is 32.2. The van der Waals surface area contributed by atoms with Crippen LogP contribution in [0, 0.1) is 5.82 Å². The number of esters is 1. The zero-order valence-electron chi connectivity index (χ0n) is 23.2. The van der Waals surface area contributed by atoms with Crippen LogP contribution >= 0.6 is 0 Å². The molecule has 11 nitrogen and oxygen atoms in total. The molecule has 42 heavy (non-hydrogen) atoms. The van der Waals surface area contributed by atoms with E-state index in [1.54, 1.807) is 19.2 Å². The molecule has 0 aliphatic carbocycles. The summed E-state index contributed by atoms with van der Waals surface area (Å²) in [7, 11) is -4.05. The van der Waals surface area contributed by atoms with Crippen LogP contribution in [0.15, 0.2) is 59.6 Å². The summed E-state index contributed by atoms with van der Waals surface area (Å²) in [6.45, 7) is 5.19. The van der Waals surface area contributed by atoms with Crippen molar-refractivity contribution in [1.29, 1.82) is 0 Å². The lowest BCUT2D eigenvalue weighted by atomic mass is 10.0. The van der Waals surface area contributed by atoms with E-state index in [9.17, 15) is 17.6 Å². The molecule has 2 aliphatic rings. The standard InChI is InChI=1S/C29H32FN5O6S/c1-2-41-27(36)9-6-21-4-3-5-22(18-21)24-20-31-29(33-28(24)34-10-14-39-15-11-34)32-23-7-8-25(30)26(19-23)42(37,38)35-12-16-40-17-13-35/h3-9,18-20H,2,10-17H2,1H3,(H,31,32,33). The lowest BCUT2D eigenvalue weighted by molar-refractivity contribution is -0.137. The van der Waals surface area contributed by atoms with Crippen LogP contribution < -0.4 is 10.2 Å². The molecule has 222 valence electrons. The molecular weight excluding hydrogens is 565 g/mol. The monoisotopic (exact) mass is 597 g/mol. The molecule has 0 saturated carbocycles. The molecule has 13 heteroatoms. The highest BCUT2D eigenvalue weighted by molar-refractivity contribution is 7.89. The van der Waals surface area contributed by atoms with Gasteiger partial charge < -0.3 is 24.4 Å². The number of halogens is 1. The Morgan fingerprint density at radius 3 is 2.55 bits per heavy atom. The minimum Gasteiger partial charge on any atom is -0.463 e. The van der Waals surface area contributed by atoms with Crippen LogP contribution in [0.2, 0.25) is 0 Å². The largest absolute Gasteiger partial charge is 0.463 e. The van der Waals surface area contributed by atoms with Gasteiger partial charge in [-0.3, -0.25) is 0 Å². The van der Waals surface area contributed by atoms with Crippen molar-refractivity contribution < 1.29 is 31.8 Å². The molecule has 0 atom stereocenters. The lowest BCUT2D eigenvalue weighted by Gasteiger charge is -2.29. The number of hydrogen-bond acceptors (Lipinski definition) is 10. The van der Waals surface area contributed by atoms with Crippen molar-refractivity contribution in [2.75, 3.05) is 69.4 Å². The first kappa shape index (κ1) is 29.6. The van der Waals surface area contributed by atoms with Crippen LogP contribution in [0.25, 0.3) is 17.2 Å². The lowest BCUT2D eigenvalue weighted by Crippen LogP contribution is -2.40. The molecule has 3 aromatic rings. The summed E-state index contributed by atoms with van der Waals surface area (Å²) < 4.78 is 58.0. The van der Waals surface area contributed by atoms with Gasteiger partial charge >= 0.3 is 5.97 Å². The number of anilines is 3. The Balaban J connectivity index is 1.45. The summed E-state index contributed by atoms with van der Waals surface area (Å²) in [5, 5.41) is 3.04. The average Bonchev–Trinajstić information content (AvgIpc) is 3.02. The minimum atomic E-state index is -4.05. The van der Waals surface area contributed by atoms with E-state index in [1.165, 1.54) is 22.5 Å². The van der Waals surface area contributed by atoms with Gasteiger partial charge in [0.05, 0.1) is 33.0 Å². The zero-order chi connectivity index (χ0) is 29.5. The highest BCUT2D eigenvalue weighted by Crippen LogP contribution is 2.32. The number of aromatic nitrogens is 2. The number of hydrogen-bond donors (Lipinski definition) is 1. The Bertz CT molecular complexity index is 1560. The molecule has 1 N–H and O–H groups in total. The summed E-state index contributed by atoms with van der Waals surface area (Å²) in [6, 6.07) is 11.4. The second-order valence-electron chi connectivity index (χ2n) is 9.53. The summed E-state index contributed by atoms with van der Waals surface area (Å²) in [6.07, 6.45) is 4.75. The van der Waals surface area contributed by atoms with Gasteiger partial charge in [-0.05, 0) is 48.4 Å². The predicted octanol–water partition coefficient (Wildman–Crippen LogP) is 3.46. The molecule has 2 aromatic carbocycles. The molecular formula is C29H32FN5O6S. The first-order valence-corrected chi connectivity index (χ1v) is 15.1. The molecule has 5 rings (SSSR count). The molecule has 1 aromatic heterocycles. The first-order valence-electron chi connectivity index (χ1n) is 13.6. The van der Waals surface area contributed by atoms with Gasteiger partial charge in [-0.25, -0.2) is 22.6 Å². The van der Waals surface area contributed by atoms with Gasteiger partial charge in [-0.15, -0.1) is 0 Å². The van der Waals surface area contributed by atoms with Crippen molar-refractivity contribution >= 4 is 39.5 Å². The van der Waals surface area contributed by atoms with Crippen LogP contribution in [-0.4, -0.2) is 87.9 Å². The topological polar surface area (TPSA) is 123 Å². The maximum absolute atomic E-state index is 14.7. The van der Waals surface area contributed by atoms with Crippen LogP contribution in [-0.2, 0) is 29.0 Å². The van der Waals surface area contributed by atoms with Gasteiger partial charge in [0.25, 0.3) is 0 Å². The molecule has 0 amide bonds. The van der Waals surface area contributed by atoms with E-state index in [-0.39, 0.29) is 32.3 Å². The fourth-order valence-corrected chi connectivity index (χ4v) is 6.15.